The molecule has 1 aromatic heterocycles. The van der Waals surface area contributed by atoms with E-state index in [4.69, 9.17) is 0 Å². The van der Waals surface area contributed by atoms with E-state index in [0.717, 1.165) is 20.7 Å². The Morgan fingerprint density at radius 2 is 1.70 bits per heavy atom. The van der Waals surface area contributed by atoms with Gasteiger partial charge in [0.25, 0.3) is 0 Å². The van der Waals surface area contributed by atoms with E-state index in [1.54, 1.807) is 11.8 Å². The van der Waals surface area contributed by atoms with E-state index >= 15 is 0 Å². The summed E-state index contributed by atoms with van der Waals surface area (Å²) in [5.41, 5.74) is 3.07. The Kier molecular flexibility index (Phi) is 5.23. The lowest BCUT2D eigenvalue weighted by Crippen LogP contribution is -2.18. The zero-order chi connectivity index (χ0) is 18.6. The summed E-state index contributed by atoms with van der Waals surface area (Å²) in [6.45, 7) is 2.05. The average molecular weight is 391 g/mol. The standard InChI is InChI=1S/C22H18N2OS2/c1-15-12-13-18-19(14-15)27-22(23-18)24-21(25)20(16-8-4-2-5-9-16)26-17-10-6-3-7-11-17/h2-14,20H,1H3,(H,23,24,25)/t20-/m0/s1. The minimum absolute atomic E-state index is 0.0640. The van der Waals surface area contributed by atoms with Crippen molar-refractivity contribution in [2.24, 2.45) is 0 Å². The topological polar surface area (TPSA) is 42.0 Å². The van der Waals surface area contributed by atoms with Gasteiger partial charge in [0.2, 0.25) is 5.91 Å². The normalized spacial score (nSPS) is 12.0. The summed E-state index contributed by atoms with van der Waals surface area (Å²) in [6.07, 6.45) is 0. The van der Waals surface area contributed by atoms with E-state index in [-0.39, 0.29) is 11.2 Å². The number of carbonyl (C=O) groups excluding carboxylic acids is 1. The minimum Gasteiger partial charge on any atom is -0.301 e. The van der Waals surface area contributed by atoms with E-state index < -0.39 is 0 Å². The van der Waals surface area contributed by atoms with Gasteiger partial charge in [0.05, 0.1) is 10.2 Å². The van der Waals surface area contributed by atoms with Crippen molar-refractivity contribution in [2.45, 2.75) is 17.1 Å². The van der Waals surface area contributed by atoms with E-state index in [1.165, 1.54) is 16.9 Å². The maximum atomic E-state index is 13.1. The van der Waals surface area contributed by atoms with Gasteiger partial charge in [-0.1, -0.05) is 65.9 Å². The molecule has 1 atom stereocenters. The molecule has 0 radical (unpaired) electrons. The van der Waals surface area contributed by atoms with Crippen LogP contribution in [0.4, 0.5) is 5.13 Å². The lowest BCUT2D eigenvalue weighted by molar-refractivity contribution is -0.115. The molecule has 1 N–H and O–H groups in total. The lowest BCUT2D eigenvalue weighted by atomic mass is 10.1. The average Bonchev–Trinajstić information content (AvgIpc) is 3.08. The number of hydrogen-bond donors (Lipinski definition) is 1. The highest BCUT2D eigenvalue weighted by atomic mass is 32.2. The molecule has 0 aliphatic carbocycles. The minimum atomic E-state index is -0.345. The van der Waals surface area contributed by atoms with Crippen molar-refractivity contribution in [1.82, 2.24) is 4.98 Å². The molecule has 0 aliphatic heterocycles. The molecule has 0 fully saturated rings. The van der Waals surface area contributed by atoms with Crippen LogP contribution in [0.5, 0.6) is 0 Å². The first kappa shape index (κ1) is 17.8. The molecule has 4 rings (SSSR count). The third kappa shape index (κ3) is 4.21. The number of nitrogens with one attached hydrogen (secondary N) is 1. The highest BCUT2D eigenvalue weighted by Gasteiger charge is 2.23. The predicted molar refractivity (Wildman–Crippen MR) is 114 cm³/mol. The number of fused-ring (bicyclic) bond motifs is 1. The van der Waals surface area contributed by atoms with Gasteiger partial charge in [-0.2, -0.15) is 0 Å². The van der Waals surface area contributed by atoms with Crippen molar-refractivity contribution in [3.8, 4) is 0 Å². The number of anilines is 1. The quantitative estimate of drug-likeness (QED) is 0.420. The van der Waals surface area contributed by atoms with Gasteiger partial charge in [-0.05, 0) is 42.3 Å². The summed E-state index contributed by atoms with van der Waals surface area (Å²) in [7, 11) is 0. The summed E-state index contributed by atoms with van der Waals surface area (Å²) < 4.78 is 1.08. The first-order valence-electron chi connectivity index (χ1n) is 8.64. The van der Waals surface area contributed by atoms with Crippen LogP contribution < -0.4 is 5.32 Å². The van der Waals surface area contributed by atoms with Gasteiger partial charge in [-0.15, -0.1) is 11.8 Å². The smallest absolute Gasteiger partial charge is 0.244 e. The Morgan fingerprint density at radius 3 is 2.44 bits per heavy atom. The fourth-order valence-corrected chi connectivity index (χ4v) is 4.80. The number of rotatable bonds is 5. The molecule has 0 bridgehead atoms. The van der Waals surface area contributed by atoms with Crippen LogP contribution in [0.3, 0.4) is 0 Å². The number of aromatic nitrogens is 1. The molecule has 27 heavy (non-hydrogen) atoms. The van der Waals surface area contributed by atoms with Gasteiger partial charge >= 0.3 is 0 Å². The maximum absolute atomic E-state index is 13.1. The Bertz CT molecular complexity index is 1060. The van der Waals surface area contributed by atoms with Crippen LogP contribution in [-0.2, 0) is 4.79 Å². The highest BCUT2D eigenvalue weighted by Crippen LogP contribution is 2.37. The third-order valence-corrected chi connectivity index (χ3v) is 6.31. The second-order valence-corrected chi connectivity index (χ2v) is 8.41. The van der Waals surface area contributed by atoms with E-state index in [0.29, 0.717) is 5.13 Å². The molecule has 1 amide bonds. The fraction of sp³-hybridized carbons (Fsp3) is 0.0909. The SMILES string of the molecule is Cc1ccc2nc(NC(=O)[C@@H](Sc3ccccc3)c3ccccc3)sc2c1. The van der Waals surface area contributed by atoms with Crippen LogP contribution in [0.1, 0.15) is 16.4 Å². The van der Waals surface area contributed by atoms with Gasteiger partial charge in [-0.25, -0.2) is 4.98 Å². The molecule has 0 saturated carbocycles. The number of thiazole rings is 1. The van der Waals surface area contributed by atoms with Gasteiger partial charge in [0.1, 0.15) is 5.25 Å². The number of thioether (sulfide) groups is 1. The predicted octanol–water partition coefficient (Wildman–Crippen LogP) is 6.08. The first-order chi connectivity index (χ1) is 13.2. The second kappa shape index (κ2) is 7.94. The Hall–Kier alpha value is -2.63. The van der Waals surface area contributed by atoms with Crippen LogP contribution in [-0.4, -0.2) is 10.9 Å². The molecule has 1 heterocycles. The van der Waals surface area contributed by atoms with E-state index in [1.807, 2.05) is 72.8 Å². The van der Waals surface area contributed by atoms with Gasteiger partial charge in [-0.3, -0.25) is 4.79 Å². The molecular formula is C22H18N2OS2. The Morgan fingerprint density at radius 1 is 1.00 bits per heavy atom. The van der Waals surface area contributed by atoms with Crippen LogP contribution in [0.2, 0.25) is 0 Å². The molecule has 3 aromatic carbocycles. The number of benzene rings is 3. The van der Waals surface area contributed by atoms with E-state index in [9.17, 15) is 4.79 Å². The zero-order valence-corrected chi connectivity index (χ0v) is 16.4. The molecule has 4 aromatic rings. The Balaban J connectivity index is 1.61. The third-order valence-electron chi connectivity index (χ3n) is 4.11. The molecule has 0 spiro atoms. The van der Waals surface area contributed by atoms with Crippen molar-refractivity contribution < 1.29 is 4.79 Å². The maximum Gasteiger partial charge on any atom is 0.244 e. The van der Waals surface area contributed by atoms with Gasteiger partial charge in [0.15, 0.2) is 5.13 Å². The molecule has 134 valence electrons. The molecule has 0 saturated heterocycles. The van der Waals surface area contributed by atoms with Gasteiger partial charge < -0.3 is 5.32 Å². The summed E-state index contributed by atoms with van der Waals surface area (Å²) in [5.74, 6) is -0.0640. The Labute approximate surface area is 166 Å². The van der Waals surface area contributed by atoms with Crippen molar-refractivity contribution >= 4 is 44.4 Å². The number of amides is 1. The van der Waals surface area contributed by atoms with Crippen molar-refractivity contribution in [1.29, 1.82) is 0 Å². The molecule has 5 heteroatoms. The van der Waals surface area contributed by atoms with Crippen LogP contribution in [0.25, 0.3) is 10.2 Å². The lowest BCUT2D eigenvalue weighted by Gasteiger charge is -2.16. The van der Waals surface area contributed by atoms with Crippen molar-refractivity contribution in [3.63, 3.8) is 0 Å². The summed E-state index contributed by atoms with van der Waals surface area (Å²) in [5, 5.41) is 3.31. The molecule has 0 aliphatic rings. The summed E-state index contributed by atoms with van der Waals surface area (Å²) >= 11 is 3.05. The van der Waals surface area contributed by atoms with E-state index in [2.05, 4.69) is 23.3 Å². The van der Waals surface area contributed by atoms with Crippen molar-refractivity contribution in [3.05, 3.63) is 90.0 Å². The summed E-state index contributed by atoms with van der Waals surface area (Å²) in [6, 6.07) is 26.0. The highest BCUT2D eigenvalue weighted by molar-refractivity contribution is 8.00. The zero-order valence-electron chi connectivity index (χ0n) is 14.8. The number of nitrogens with zero attached hydrogens (tertiary/aromatic N) is 1. The van der Waals surface area contributed by atoms with Crippen LogP contribution in [0, 0.1) is 6.92 Å². The van der Waals surface area contributed by atoms with Crippen LogP contribution in [0.15, 0.2) is 83.8 Å². The second-order valence-electron chi connectivity index (χ2n) is 6.20. The van der Waals surface area contributed by atoms with Crippen LogP contribution >= 0.6 is 23.1 Å². The summed E-state index contributed by atoms with van der Waals surface area (Å²) in [4.78, 5) is 18.7. The monoisotopic (exact) mass is 390 g/mol. The first-order valence-corrected chi connectivity index (χ1v) is 10.3. The fourth-order valence-electron chi connectivity index (χ4n) is 2.79. The largest absolute Gasteiger partial charge is 0.301 e. The molecule has 3 nitrogen and oxygen atoms in total. The van der Waals surface area contributed by atoms with Gasteiger partial charge in [0, 0.05) is 4.90 Å². The number of carbonyl (C=O) groups is 1. The molecular weight excluding hydrogens is 372 g/mol. The molecule has 0 unspecified atom stereocenters. The number of hydrogen-bond acceptors (Lipinski definition) is 4. The van der Waals surface area contributed by atoms with Crippen molar-refractivity contribution in [2.75, 3.05) is 5.32 Å². The number of aryl methyl sites for hydroxylation is 1.